The molecule has 1 saturated carbocycles. The van der Waals surface area contributed by atoms with Crippen molar-refractivity contribution < 1.29 is 19.7 Å². The topological polar surface area (TPSA) is 62.2 Å². The molecule has 0 radical (unpaired) electrons. The first-order chi connectivity index (χ1) is 9.00. The number of allylic oxidation sites excluding steroid dienone is 1. The van der Waals surface area contributed by atoms with Gasteiger partial charge in [0.25, 0.3) is 0 Å². The fraction of sp³-hybridized carbons (Fsp3) is 0.867. The summed E-state index contributed by atoms with van der Waals surface area (Å²) >= 11 is 0. The van der Waals surface area contributed by atoms with Gasteiger partial charge in [-0.3, -0.25) is 0 Å². The van der Waals surface area contributed by atoms with Crippen LogP contribution >= 0.6 is 0 Å². The summed E-state index contributed by atoms with van der Waals surface area (Å²) in [4.78, 5) is 0. The summed E-state index contributed by atoms with van der Waals surface area (Å²) in [5.41, 5.74) is 0.152. The molecule has 2 heterocycles. The van der Waals surface area contributed by atoms with Crippen LogP contribution in [0.25, 0.3) is 0 Å². The highest BCUT2D eigenvalue weighted by Crippen LogP contribution is 2.71. The lowest BCUT2D eigenvalue weighted by atomic mass is 9.51. The monoisotopic (exact) mass is 266 g/mol. The van der Waals surface area contributed by atoms with Crippen LogP contribution in [0, 0.1) is 10.8 Å². The third kappa shape index (κ3) is 1.13. The van der Waals surface area contributed by atoms with Crippen LogP contribution in [0.3, 0.4) is 0 Å². The minimum Gasteiger partial charge on any atom is -0.396 e. The molecule has 4 rings (SSSR count). The number of rotatable bonds is 1. The van der Waals surface area contributed by atoms with Crippen molar-refractivity contribution in [3.63, 3.8) is 0 Å². The molecule has 4 aliphatic rings. The van der Waals surface area contributed by atoms with E-state index in [1.807, 2.05) is 0 Å². The van der Waals surface area contributed by atoms with Crippen molar-refractivity contribution in [2.75, 3.05) is 13.2 Å². The molecule has 0 aromatic rings. The SMILES string of the molecule is CC1=C[C@H]2O[C@@H]3C[C@@H](O)[C@](C)([C@@]2(CO)CC1)[C@]31CO1. The molecule has 2 saturated heterocycles. The second kappa shape index (κ2) is 3.42. The third-order valence-electron chi connectivity index (χ3n) is 6.53. The van der Waals surface area contributed by atoms with Gasteiger partial charge in [-0.15, -0.1) is 0 Å². The second-order valence-electron chi connectivity index (χ2n) is 7.00. The van der Waals surface area contributed by atoms with Crippen molar-refractivity contribution >= 4 is 0 Å². The predicted octanol–water partition coefficient (Wildman–Crippen LogP) is 1.01. The normalized spacial score (nSPS) is 58.9. The van der Waals surface area contributed by atoms with Crippen molar-refractivity contribution in [3.8, 4) is 0 Å². The van der Waals surface area contributed by atoms with Crippen LogP contribution in [-0.4, -0.2) is 47.3 Å². The Hall–Kier alpha value is -0.420. The maximum atomic E-state index is 10.6. The van der Waals surface area contributed by atoms with Gasteiger partial charge in [0.2, 0.25) is 0 Å². The van der Waals surface area contributed by atoms with Crippen LogP contribution in [0.5, 0.6) is 0 Å². The van der Waals surface area contributed by atoms with Crippen LogP contribution in [0.4, 0.5) is 0 Å². The van der Waals surface area contributed by atoms with Gasteiger partial charge in [-0.1, -0.05) is 18.6 Å². The lowest BCUT2D eigenvalue weighted by Crippen LogP contribution is -2.66. The lowest BCUT2D eigenvalue weighted by molar-refractivity contribution is -0.225. The molecule has 0 aromatic carbocycles. The van der Waals surface area contributed by atoms with Crippen molar-refractivity contribution in [2.45, 2.75) is 57.0 Å². The number of epoxide rings is 1. The summed E-state index contributed by atoms with van der Waals surface area (Å²) in [7, 11) is 0. The number of aliphatic hydroxyl groups excluding tert-OH is 2. The molecule has 2 N–H and O–H groups in total. The maximum Gasteiger partial charge on any atom is 0.126 e. The van der Waals surface area contributed by atoms with Gasteiger partial charge >= 0.3 is 0 Å². The molecule has 0 unspecified atom stereocenters. The number of fused-ring (bicyclic) bond motifs is 2. The van der Waals surface area contributed by atoms with E-state index in [0.717, 1.165) is 12.8 Å². The molecule has 106 valence electrons. The average Bonchev–Trinajstić information content (AvgIpc) is 3.15. The fourth-order valence-corrected chi connectivity index (χ4v) is 5.03. The molecule has 4 nitrogen and oxygen atoms in total. The van der Waals surface area contributed by atoms with Gasteiger partial charge in [-0.25, -0.2) is 0 Å². The first-order valence-corrected chi connectivity index (χ1v) is 7.26. The van der Waals surface area contributed by atoms with Gasteiger partial charge in [0.05, 0.1) is 31.5 Å². The Bertz CT molecular complexity index is 455. The molecule has 4 heteroatoms. The Balaban J connectivity index is 1.89. The first kappa shape index (κ1) is 12.3. The number of hydrogen-bond acceptors (Lipinski definition) is 4. The lowest BCUT2D eigenvalue weighted by Gasteiger charge is -2.58. The molecule has 2 aliphatic carbocycles. The molecule has 19 heavy (non-hydrogen) atoms. The van der Waals surface area contributed by atoms with Gasteiger partial charge in [-0.05, 0) is 19.8 Å². The van der Waals surface area contributed by atoms with E-state index in [4.69, 9.17) is 9.47 Å². The zero-order valence-electron chi connectivity index (χ0n) is 11.6. The summed E-state index contributed by atoms with van der Waals surface area (Å²) in [6.07, 6.45) is 4.03. The fourth-order valence-electron chi connectivity index (χ4n) is 5.03. The molecule has 1 spiro atoms. The van der Waals surface area contributed by atoms with Crippen LogP contribution in [0.15, 0.2) is 11.6 Å². The summed E-state index contributed by atoms with van der Waals surface area (Å²) in [6, 6.07) is 0. The van der Waals surface area contributed by atoms with E-state index in [1.165, 1.54) is 5.57 Å². The van der Waals surface area contributed by atoms with E-state index in [1.54, 1.807) is 0 Å². The van der Waals surface area contributed by atoms with Crippen LogP contribution in [0.1, 0.15) is 33.1 Å². The smallest absolute Gasteiger partial charge is 0.126 e. The standard InChI is InChI=1S/C15H22O4/c1-9-3-4-14(7-16)11(5-9)19-12-6-10(17)13(14,2)15(12)8-18-15/h5,10-12,16-17H,3-4,6-8H2,1-2H3/t10-,11-,12-,13-,14-,15+/m1/s1. The van der Waals surface area contributed by atoms with E-state index < -0.39 is 16.9 Å². The molecular formula is C15H22O4. The van der Waals surface area contributed by atoms with Crippen molar-refractivity contribution in [2.24, 2.45) is 10.8 Å². The van der Waals surface area contributed by atoms with E-state index in [-0.39, 0.29) is 24.4 Å². The van der Waals surface area contributed by atoms with Crippen LogP contribution < -0.4 is 0 Å². The minimum absolute atomic E-state index is 0.0284. The van der Waals surface area contributed by atoms with Gasteiger partial charge in [0.1, 0.15) is 5.60 Å². The van der Waals surface area contributed by atoms with Gasteiger partial charge < -0.3 is 19.7 Å². The quantitative estimate of drug-likeness (QED) is 0.549. The van der Waals surface area contributed by atoms with Crippen molar-refractivity contribution in [1.29, 1.82) is 0 Å². The molecule has 2 bridgehead atoms. The largest absolute Gasteiger partial charge is 0.396 e. The molecular weight excluding hydrogens is 244 g/mol. The van der Waals surface area contributed by atoms with Crippen LogP contribution in [-0.2, 0) is 9.47 Å². The van der Waals surface area contributed by atoms with E-state index in [2.05, 4.69) is 19.9 Å². The minimum atomic E-state index is -0.455. The highest BCUT2D eigenvalue weighted by molar-refractivity contribution is 5.32. The molecule has 2 aliphatic heterocycles. The zero-order chi connectivity index (χ0) is 13.5. The molecule has 0 amide bonds. The zero-order valence-corrected chi connectivity index (χ0v) is 11.6. The Kier molecular flexibility index (Phi) is 2.22. The third-order valence-corrected chi connectivity index (χ3v) is 6.53. The average molecular weight is 266 g/mol. The summed E-state index contributed by atoms with van der Waals surface area (Å²) in [6.45, 7) is 4.92. The highest BCUT2D eigenvalue weighted by atomic mass is 16.6. The van der Waals surface area contributed by atoms with Crippen molar-refractivity contribution in [1.82, 2.24) is 0 Å². The Morgan fingerprint density at radius 3 is 2.84 bits per heavy atom. The van der Waals surface area contributed by atoms with Crippen LogP contribution in [0.2, 0.25) is 0 Å². The van der Waals surface area contributed by atoms with Crippen molar-refractivity contribution in [3.05, 3.63) is 11.6 Å². The van der Waals surface area contributed by atoms with E-state index in [0.29, 0.717) is 13.0 Å². The summed E-state index contributed by atoms with van der Waals surface area (Å²) in [5, 5.41) is 20.8. The van der Waals surface area contributed by atoms with E-state index >= 15 is 0 Å². The molecule has 0 aromatic heterocycles. The predicted molar refractivity (Wildman–Crippen MR) is 68.6 cm³/mol. The van der Waals surface area contributed by atoms with Gasteiger partial charge in [-0.2, -0.15) is 0 Å². The molecule has 3 fully saturated rings. The first-order valence-electron chi connectivity index (χ1n) is 7.26. The Morgan fingerprint density at radius 2 is 2.21 bits per heavy atom. The Labute approximate surface area is 113 Å². The second-order valence-corrected chi connectivity index (χ2v) is 7.00. The summed E-state index contributed by atoms with van der Waals surface area (Å²) in [5.74, 6) is 0. The highest BCUT2D eigenvalue weighted by Gasteiger charge is 2.81. The van der Waals surface area contributed by atoms with Gasteiger partial charge in [0.15, 0.2) is 0 Å². The number of aliphatic hydroxyl groups is 2. The summed E-state index contributed by atoms with van der Waals surface area (Å²) < 4.78 is 12.0. The number of ether oxygens (including phenoxy) is 2. The van der Waals surface area contributed by atoms with Gasteiger partial charge in [0, 0.05) is 17.3 Å². The Morgan fingerprint density at radius 1 is 1.47 bits per heavy atom. The maximum absolute atomic E-state index is 10.6. The van der Waals surface area contributed by atoms with E-state index in [9.17, 15) is 10.2 Å². The molecule has 6 atom stereocenters. The number of hydrogen-bond donors (Lipinski definition) is 2.